The highest BCUT2D eigenvalue weighted by molar-refractivity contribution is 6.34. The third-order valence-corrected chi connectivity index (χ3v) is 5.49. The van der Waals surface area contributed by atoms with E-state index >= 15 is 0 Å². The Morgan fingerprint density at radius 3 is 2.80 bits per heavy atom. The lowest BCUT2D eigenvalue weighted by atomic mass is 10.1. The first-order valence-electron chi connectivity index (χ1n) is 8.69. The first-order chi connectivity index (χ1) is 12.0. The number of rotatable bonds is 3. The van der Waals surface area contributed by atoms with Gasteiger partial charge >= 0.3 is 0 Å². The third kappa shape index (κ3) is 2.60. The molecule has 0 bridgehead atoms. The average molecular weight is 358 g/mol. The Labute approximate surface area is 150 Å². The van der Waals surface area contributed by atoms with Crippen molar-refractivity contribution in [2.24, 2.45) is 0 Å². The standard InChI is InChI=1S/C18H20ClN5O/c1-18(25)4-5-22(11-18)17-7-16-12(6-15(17)19)8-21-24(16)14-9-20-23(10-14)13-2-3-13/h6-10,13,25H,2-5,11H2,1H3. The largest absolute Gasteiger partial charge is 0.388 e. The van der Waals surface area contributed by atoms with Crippen LogP contribution in [0.3, 0.4) is 0 Å². The van der Waals surface area contributed by atoms with Crippen LogP contribution in [0, 0.1) is 0 Å². The minimum Gasteiger partial charge on any atom is -0.388 e. The zero-order chi connectivity index (χ0) is 17.2. The molecule has 1 saturated carbocycles. The summed E-state index contributed by atoms with van der Waals surface area (Å²) in [5.74, 6) is 0. The second kappa shape index (κ2) is 5.22. The van der Waals surface area contributed by atoms with E-state index in [4.69, 9.17) is 11.6 Å². The second-order valence-corrected chi connectivity index (χ2v) is 7.90. The fraction of sp³-hybridized carbons (Fsp3) is 0.444. The Morgan fingerprint density at radius 1 is 1.24 bits per heavy atom. The van der Waals surface area contributed by atoms with Gasteiger partial charge in [0.2, 0.25) is 0 Å². The number of aromatic nitrogens is 4. The molecule has 1 unspecified atom stereocenters. The van der Waals surface area contributed by atoms with Gasteiger partial charge in [-0.25, -0.2) is 4.68 Å². The van der Waals surface area contributed by atoms with Crippen molar-refractivity contribution in [3.05, 3.63) is 35.7 Å². The molecule has 25 heavy (non-hydrogen) atoms. The summed E-state index contributed by atoms with van der Waals surface area (Å²) in [7, 11) is 0. The molecular formula is C18H20ClN5O. The molecular weight excluding hydrogens is 338 g/mol. The third-order valence-electron chi connectivity index (χ3n) is 5.18. The van der Waals surface area contributed by atoms with Gasteiger partial charge in [-0.1, -0.05) is 11.6 Å². The first-order valence-corrected chi connectivity index (χ1v) is 9.07. The highest BCUT2D eigenvalue weighted by Crippen LogP contribution is 2.37. The van der Waals surface area contributed by atoms with E-state index in [9.17, 15) is 5.11 Å². The maximum Gasteiger partial charge on any atom is 0.103 e. The molecule has 0 radical (unpaired) electrons. The summed E-state index contributed by atoms with van der Waals surface area (Å²) >= 11 is 6.51. The first kappa shape index (κ1) is 15.2. The predicted octanol–water partition coefficient (Wildman–Crippen LogP) is 3.17. The number of hydrogen-bond donors (Lipinski definition) is 1. The van der Waals surface area contributed by atoms with Gasteiger partial charge in [0.05, 0.1) is 46.5 Å². The summed E-state index contributed by atoms with van der Waals surface area (Å²) in [5, 5.41) is 21.0. The van der Waals surface area contributed by atoms with Crippen molar-refractivity contribution in [1.29, 1.82) is 0 Å². The van der Waals surface area contributed by atoms with E-state index in [0.29, 0.717) is 17.6 Å². The lowest BCUT2D eigenvalue weighted by Gasteiger charge is -2.22. The molecule has 5 rings (SSSR count). The number of hydrogen-bond acceptors (Lipinski definition) is 4. The second-order valence-electron chi connectivity index (χ2n) is 7.50. The monoisotopic (exact) mass is 357 g/mol. The van der Waals surface area contributed by atoms with Crippen molar-refractivity contribution in [3.63, 3.8) is 0 Å². The molecule has 2 aliphatic rings. The summed E-state index contributed by atoms with van der Waals surface area (Å²) in [4.78, 5) is 2.15. The summed E-state index contributed by atoms with van der Waals surface area (Å²) in [6.45, 7) is 3.26. The van der Waals surface area contributed by atoms with E-state index in [2.05, 4.69) is 27.4 Å². The average Bonchev–Trinajstić information content (AvgIpc) is 3.00. The fourth-order valence-corrected chi connectivity index (χ4v) is 3.90. The summed E-state index contributed by atoms with van der Waals surface area (Å²) in [6.07, 6.45) is 8.90. The van der Waals surface area contributed by atoms with Crippen LogP contribution in [0.1, 0.15) is 32.2 Å². The van der Waals surface area contributed by atoms with Crippen molar-refractivity contribution in [2.75, 3.05) is 18.0 Å². The normalized spacial score (nSPS) is 23.7. The Kier molecular flexibility index (Phi) is 3.18. The summed E-state index contributed by atoms with van der Waals surface area (Å²) in [6, 6.07) is 4.57. The van der Waals surface area contributed by atoms with Crippen molar-refractivity contribution < 1.29 is 5.11 Å². The van der Waals surface area contributed by atoms with Crippen molar-refractivity contribution in [3.8, 4) is 5.69 Å². The molecule has 0 amide bonds. The van der Waals surface area contributed by atoms with E-state index in [1.165, 1.54) is 12.8 Å². The van der Waals surface area contributed by atoms with Crippen LogP contribution in [0.4, 0.5) is 5.69 Å². The zero-order valence-electron chi connectivity index (χ0n) is 14.1. The Morgan fingerprint density at radius 2 is 2.08 bits per heavy atom. The number of nitrogens with zero attached hydrogens (tertiary/aromatic N) is 5. The fourth-order valence-electron chi connectivity index (χ4n) is 3.61. The Bertz CT molecular complexity index is 956. The molecule has 1 aromatic carbocycles. The van der Waals surface area contributed by atoms with E-state index < -0.39 is 5.60 Å². The Balaban J connectivity index is 1.57. The molecule has 3 heterocycles. The van der Waals surface area contributed by atoms with Crippen LogP contribution >= 0.6 is 11.6 Å². The molecule has 7 heteroatoms. The Hall–Kier alpha value is -2.05. The van der Waals surface area contributed by atoms with Gasteiger partial charge in [0, 0.05) is 18.5 Å². The number of halogens is 1. The maximum absolute atomic E-state index is 10.3. The minimum atomic E-state index is -0.663. The van der Waals surface area contributed by atoms with Crippen LogP contribution in [0.5, 0.6) is 0 Å². The van der Waals surface area contributed by atoms with E-state index in [-0.39, 0.29) is 0 Å². The van der Waals surface area contributed by atoms with Crippen molar-refractivity contribution in [2.45, 2.75) is 37.8 Å². The van der Waals surface area contributed by atoms with Crippen LogP contribution in [0.25, 0.3) is 16.6 Å². The van der Waals surface area contributed by atoms with E-state index in [1.807, 2.05) is 34.7 Å². The quantitative estimate of drug-likeness (QED) is 0.782. The van der Waals surface area contributed by atoms with Gasteiger partial charge in [0.1, 0.15) is 5.69 Å². The molecule has 130 valence electrons. The molecule has 1 aliphatic carbocycles. The predicted molar refractivity (Wildman–Crippen MR) is 97.6 cm³/mol. The van der Waals surface area contributed by atoms with Crippen LogP contribution in [-0.4, -0.2) is 43.4 Å². The van der Waals surface area contributed by atoms with Gasteiger partial charge in [-0.15, -0.1) is 0 Å². The highest BCUT2D eigenvalue weighted by Gasteiger charge is 2.32. The number of aliphatic hydroxyl groups is 1. The zero-order valence-corrected chi connectivity index (χ0v) is 14.8. The number of β-amino-alcohol motifs (C(OH)–C–C–N with tert-alkyl or cyclic N) is 1. The van der Waals surface area contributed by atoms with Gasteiger partial charge in [-0.2, -0.15) is 10.2 Å². The molecule has 0 spiro atoms. The lowest BCUT2D eigenvalue weighted by molar-refractivity contribution is 0.0839. The van der Waals surface area contributed by atoms with Crippen LogP contribution in [0.2, 0.25) is 5.02 Å². The minimum absolute atomic E-state index is 0.549. The number of anilines is 1. The van der Waals surface area contributed by atoms with Crippen molar-refractivity contribution in [1.82, 2.24) is 19.6 Å². The molecule has 2 fully saturated rings. The molecule has 1 saturated heterocycles. The van der Waals surface area contributed by atoms with E-state index in [1.54, 1.807) is 0 Å². The van der Waals surface area contributed by atoms with Crippen molar-refractivity contribution >= 4 is 28.2 Å². The lowest BCUT2D eigenvalue weighted by Crippen LogP contribution is -2.29. The van der Waals surface area contributed by atoms with Gasteiger partial charge in [-0.05, 0) is 38.3 Å². The smallest absolute Gasteiger partial charge is 0.103 e. The molecule has 1 N–H and O–H groups in total. The molecule has 6 nitrogen and oxygen atoms in total. The SMILES string of the molecule is CC1(O)CCN(c2cc3c(cnn3-c3cnn(C4CC4)c3)cc2Cl)C1. The number of fused-ring (bicyclic) bond motifs is 1. The highest BCUT2D eigenvalue weighted by atomic mass is 35.5. The number of benzene rings is 1. The molecule has 2 aromatic heterocycles. The van der Waals surface area contributed by atoms with E-state index in [0.717, 1.165) is 35.2 Å². The molecule has 1 atom stereocenters. The van der Waals surface area contributed by atoms with Crippen LogP contribution in [-0.2, 0) is 0 Å². The van der Waals surface area contributed by atoms with Crippen LogP contribution < -0.4 is 4.90 Å². The van der Waals surface area contributed by atoms with Gasteiger partial charge in [-0.3, -0.25) is 4.68 Å². The topological polar surface area (TPSA) is 59.1 Å². The maximum atomic E-state index is 10.3. The molecule has 1 aliphatic heterocycles. The summed E-state index contributed by atoms with van der Waals surface area (Å²) < 4.78 is 3.94. The van der Waals surface area contributed by atoms with Gasteiger partial charge in [0.25, 0.3) is 0 Å². The van der Waals surface area contributed by atoms with Crippen LogP contribution in [0.15, 0.2) is 30.7 Å². The summed E-state index contributed by atoms with van der Waals surface area (Å²) in [5.41, 5.74) is 2.25. The van der Waals surface area contributed by atoms with Gasteiger partial charge in [0.15, 0.2) is 0 Å². The van der Waals surface area contributed by atoms with Gasteiger partial charge < -0.3 is 10.0 Å². The molecule has 3 aromatic rings.